The lowest BCUT2D eigenvalue weighted by atomic mass is 10.3. The molecule has 3 N–H and O–H groups in total. The number of H-pyrrole nitrogens is 2. The number of halogens is 1. The van der Waals surface area contributed by atoms with Crippen LogP contribution in [0.2, 0.25) is 0 Å². The van der Waals surface area contributed by atoms with Crippen LogP contribution in [-0.4, -0.2) is 41.8 Å². The average molecular weight is 438 g/mol. The van der Waals surface area contributed by atoms with Crippen LogP contribution in [0.15, 0.2) is 26.6 Å². The number of fused-ring (bicyclic) bond motifs is 1. The van der Waals surface area contributed by atoms with Crippen molar-refractivity contribution in [2.75, 3.05) is 11.1 Å². The molecule has 0 aliphatic heterocycles. The number of tetrazole rings is 1. The molecule has 1 fully saturated rings. The zero-order valence-corrected chi connectivity index (χ0v) is 16.1. The zero-order valence-electron chi connectivity index (χ0n) is 13.7. The van der Waals surface area contributed by atoms with Crippen LogP contribution in [0, 0.1) is 0 Å². The Morgan fingerprint density at radius 3 is 2.81 bits per heavy atom. The smallest absolute Gasteiger partial charge is 0.323 e. The third-order valence-corrected chi connectivity index (χ3v) is 5.93. The Kier molecular flexibility index (Phi) is 4.81. The first kappa shape index (κ1) is 17.3. The Bertz CT molecular complexity index is 1010. The highest BCUT2D eigenvalue weighted by Crippen LogP contribution is 2.31. The topological polar surface area (TPSA) is 121 Å². The van der Waals surface area contributed by atoms with E-state index in [1.165, 1.54) is 24.6 Å². The van der Waals surface area contributed by atoms with Gasteiger partial charge in [0.15, 0.2) is 0 Å². The van der Waals surface area contributed by atoms with Crippen LogP contribution in [0.1, 0.15) is 31.7 Å². The number of hydrogen-bond donors (Lipinski definition) is 3. The Balaban J connectivity index is 1.42. The molecule has 1 amide bonds. The number of anilines is 1. The Hall–Kier alpha value is -2.14. The first-order valence-electron chi connectivity index (χ1n) is 8.22. The lowest BCUT2D eigenvalue weighted by molar-refractivity contribution is -0.113. The van der Waals surface area contributed by atoms with Gasteiger partial charge in [-0.3, -0.25) is 4.79 Å². The van der Waals surface area contributed by atoms with E-state index < -0.39 is 0 Å². The number of aromatic nitrogens is 6. The van der Waals surface area contributed by atoms with Crippen molar-refractivity contribution < 1.29 is 4.79 Å². The molecule has 26 heavy (non-hydrogen) atoms. The molecule has 2 aromatic heterocycles. The highest BCUT2D eigenvalue weighted by atomic mass is 79.9. The van der Waals surface area contributed by atoms with Crippen LogP contribution in [0.5, 0.6) is 0 Å². The van der Waals surface area contributed by atoms with Gasteiger partial charge in [0, 0.05) is 4.47 Å². The van der Waals surface area contributed by atoms with Crippen LogP contribution in [0.3, 0.4) is 0 Å². The highest BCUT2D eigenvalue weighted by Gasteiger charge is 2.22. The van der Waals surface area contributed by atoms with Crippen molar-refractivity contribution in [3.05, 3.63) is 27.1 Å². The summed E-state index contributed by atoms with van der Waals surface area (Å²) in [6, 6.07) is 3.79. The lowest BCUT2D eigenvalue weighted by Crippen LogP contribution is -2.15. The first-order valence-corrected chi connectivity index (χ1v) is 10.00. The number of imidazole rings is 1. The molecule has 0 unspecified atom stereocenters. The molecule has 11 heteroatoms. The normalized spacial score (nSPS) is 15.0. The van der Waals surface area contributed by atoms with Gasteiger partial charge in [0.25, 0.3) is 0 Å². The SMILES string of the molecule is O=C(CSc1nnnn1C1CCCC1)Nc1cc2[nH]c(=O)[nH]c2cc1Br. The van der Waals surface area contributed by atoms with E-state index in [0.717, 1.165) is 12.8 Å². The van der Waals surface area contributed by atoms with Gasteiger partial charge in [0.2, 0.25) is 11.1 Å². The molecular weight excluding hydrogens is 422 g/mol. The van der Waals surface area contributed by atoms with Gasteiger partial charge in [-0.1, -0.05) is 24.6 Å². The minimum Gasteiger partial charge on any atom is -0.324 e. The quantitative estimate of drug-likeness (QED) is 0.527. The van der Waals surface area contributed by atoms with Crippen molar-refractivity contribution in [3.63, 3.8) is 0 Å². The Labute approximate surface area is 160 Å². The van der Waals surface area contributed by atoms with Crippen LogP contribution in [-0.2, 0) is 4.79 Å². The second-order valence-corrected chi connectivity index (χ2v) is 7.93. The third kappa shape index (κ3) is 3.54. The van der Waals surface area contributed by atoms with Crippen molar-refractivity contribution in [1.82, 2.24) is 30.2 Å². The number of amides is 1. The van der Waals surface area contributed by atoms with Gasteiger partial charge >= 0.3 is 5.69 Å². The summed E-state index contributed by atoms with van der Waals surface area (Å²) in [6.07, 6.45) is 4.53. The van der Waals surface area contributed by atoms with Gasteiger partial charge in [-0.15, -0.1) is 5.10 Å². The molecule has 1 aromatic carbocycles. The van der Waals surface area contributed by atoms with Gasteiger partial charge in [-0.05, 0) is 51.3 Å². The predicted octanol–water partition coefficient (Wildman–Crippen LogP) is 2.45. The number of nitrogens with zero attached hydrogens (tertiary/aromatic N) is 4. The number of carbonyl (C=O) groups excluding carboxylic acids is 1. The number of carbonyl (C=O) groups is 1. The molecule has 1 saturated carbocycles. The number of hydrogen-bond acceptors (Lipinski definition) is 6. The van der Waals surface area contributed by atoms with Crippen molar-refractivity contribution in [1.29, 1.82) is 0 Å². The van der Waals surface area contributed by atoms with Crippen molar-refractivity contribution in [3.8, 4) is 0 Å². The number of thioether (sulfide) groups is 1. The third-order valence-electron chi connectivity index (χ3n) is 4.34. The standard InChI is InChI=1S/C15H16BrN7O2S/c16-9-5-11-12(19-14(25)18-11)6-10(9)17-13(24)7-26-15-20-21-22-23(15)8-3-1-2-4-8/h5-6,8H,1-4,7H2,(H,17,24)(H2,18,19,25). The van der Waals surface area contributed by atoms with Gasteiger partial charge in [-0.25, -0.2) is 9.48 Å². The highest BCUT2D eigenvalue weighted by molar-refractivity contribution is 9.10. The second-order valence-electron chi connectivity index (χ2n) is 6.14. The van der Waals surface area contributed by atoms with Crippen LogP contribution < -0.4 is 11.0 Å². The number of aromatic amines is 2. The molecule has 136 valence electrons. The molecule has 9 nitrogen and oxygen atoms in total. The lowest BCUT2D eigenvalue weighted by Gasteiger charge is -2.11. The van der Waals surface area contributed by atoms with Gasteiger partial charge in [0.05, 0.1) is 28.5 Å². The molecule has 2 heterocycles. The molecule has 1 aliphatic rings. The second kappa shape index (κ2) is 7.23. The molecule has 4 rings (SSSR count). The molecule has 0 atom stereocenters. The van der Waals surface area contributed by atoms with Gasteiger partial charge in [-0.2, -0.15) is 0 Å². The number of rotatable bonds is 5. The molecule has 1 aliphatic carbocycles. The van der Waals surface area contributed by atoms with E-state index in [-0.39, 0.29) is 17.3 Å². The van der Waals surface area contributed by atoms with Crippen LogP contribution in [0.4, 0.5) is 5.69 Å². The van der Waals surface area contributed by atoms with E-state index in [1.54, 1.807) is 12.1 Å². The zero-order chi connectivity index (χ0) is 18.1. The molecule has 3 aromatic rings. The fraction of sp³-hybridized carbons (Fsp3) is 0.400. The predicted molar refractivity (Wildman–Crippen MR) is 101 cm³/mol. The largest absolute Gasteiger partial charge is 0.324 e. The maximum absolute atomic E-state index is 12.3. The fourth-order valence-electron chi connectivity index (χ4n) is 3.13. The Morgan fingerprint density at radius 2 is 2.04 bits per heavy atom. The summed E-state index contributed by atoms with van der Waals surface area (Å²) in [4.78, 5) is 29.0. The maximum Gasteiger partial charge on any atom is 0.323 e. The van der Waals surface area contributed by atoms with Crippen molar-refractivity contribution >= 4 is 50.3 Å². The summed E-state index contributed by atoms with van der Waals surface area (Å²) in [5.41, 5.74) is 1.61. The summed E-state index contributed by atoms with van der Waals surface area (Å²) >= 11 is 4.72. The summed E-state index contributed by atoms with van der Waals surface area (Å²) in [6.45, 7) is 0. The number of benzene rings is 1. The molecule has 0 spiro atoms. The maximum atomic E-state index is 12.3. The summed E-state index contributed by atoms with van der Waals surface area (Å²) in [5, 5.41) is 15.4. The van der Waals surface area contributed by atoms with E-state index >= 15 is 0 Å². The summed E-state index contributed by atoms with van der Waals surface area (Å²) in [5.74, 6) is 0.0234. The van der Waals surface area contributed by atoms with Gasteiger partial charge in [0.1, 0.15) is 0 Å². The van der Waals surface area contributed by atoms with Gasteiger partial charge < -0.3 is 15.3 Å². The van der Waals surface area contributed by atoms with Crippen molar-refractivity contribution in [2.45, 2.75) is 36.9 Å². The summed E-state index contributed by atoms with van der Waals surface area (Å²) in [7, 11) is 0. The molecule has 0 saturated heterocycles. The van der Waals surface area contributed by atoms with E-state index in [4.69, 9.17) is 0 Å². The summed E-state index contributed by atoms with van der Waals surface area (Å²) < 4.78 is 2.52. The Morgan fingerprint density at radius 1 is 1.31 bits per heavy atom. The molecular formula is C15H16BrN7O2S. The minimum atomic E-state index is -0.287. The van der Waals surface area contributed by atoms with Crippen LogP contribution in [0.25, 0.3) is 11.0 Å². The van der Waals surface area contributed by atoms with Crippen LogP contribution >= 0.6 is 27.7 Å². The fourth-order valence-corrected chi connectivity index (χ4v) is 4.31. The minimum absolute atomic E-state index is 0.172. The average Bonchev–Trinajstić information content (AvgIpc) is 3.32. The van der Waals surface area contributed by atoms with E-state index in [0.29, 0.717) is 32.4 Å². The molecule has 0 bridgehead atoms. The van der Waals surface area contributed by atoms with E-state index in [9.17, 15) is 9.59 Å². The monoisotopic (exact) mass is 437 g/mol. The molecule has 0 radical (unpaired) electrons. The first-order chi connectivity index (χ1) is 12.6. The number of nitrogens with one attached hydrogen (secondary N) is 3. The van der Waals surface area contributed by atoms with E-state index in [1.807, 2.05) is 4.68 Å². The van der Waals surface area contributed by atoms with Crippen molar-refractivity contribution in [2.24, 2.45) is 0 Å². The van der Waals surface area contributed by atoms with E-state index in [2.05, 4.69) is 46.7 Å².